The monoisotopic (exact) mass is 197 g/mol. The SMILES string of the molecule is C=C(CO)C(C)C(=C)NCC(C)CC. The van der Waals surface area contributed by atoms with E-state index in [1.807, 2.05) is 6.92 Å². The third-order valence-corrected chi connectivity index (χ3v) is 2.71. The van der Waals surface area contributed by atoms with E-state index in [9.17, 15) is 0 Å². The van der Waals surface area contributed by atoms with Crippen LogP contribution in [0.3, 0.4) is 0 Å². The van der Waals surface area contributed by atoms with Gasteiger partial charge >= 0.3 is 0 Å². The highest BCUT2D eigenvalue weighted by atomic mass is 16.3. The molecule has 14 heavy (non-hydrogen) atoms. The molecule has 0 saturated carbocycles. The maximum atomic E-state index is 8.91. The van der Waals surface area contributed by atoms with Crippen molar-refractivity contribution in [3.8, 4) is 0 Å². The molecule has 0 rings (SSSR count). The number of hydrogen-bond acceptors (Lipinski definition) is 2. The highest BCUT2D eigenvalue weighted by Gasteiger charge is 2.09. The maximum absolute atomic E-state index is 8.91. The van der Waals surface area contributed by atoms with Crippen LogP contribution in [0.15, 0.2) is 24.4 Å². The molecule has 82 valence electrons. The zero-order chi connectivity index (χ0) is 11.1. The van der Waals surface area contributed by atoms with Gasteiger partial charge in [-0.15, -0.1) is 0 Å². The summed E-state index contributed by atoms with van der Waals surface area (Å²) in [6.45, 7) is 15.1. The van der Waals surface area contributed by atoms with Gasteiger partial charge in [-0.3, -0.25) is 0 Å². The van der Waals surface area contributed by atoms with Crippen molar-refractivity contribution in [2.45, 2.75) is 27.2 Å². The Bertz CT molecular complexity index is 198. The fraction of sp³-hybridized carbons (Fsp3) is 0.667. The van der Waals surface area contributed by atoms with Crippen molar-refractivity contribution in [3.63, 3.8) is 0 Å². The molecule has 0 bridgehead atoms. The molecule has 0 aliphatic heterocycles. The molecule has 0 aromatic heterocycles. The van der Waals surface area contributed by atoms with Gasteiger partial charge in [-0.1, -0.05) is 40.3 Å². The Labute approximate surface area is 87.7 Å². The van der Waals surface area contributed by atoms with Crippen LogP contribution < -0.4 is 5.32 Å². The Balaban J connectivity index is 3.90. The number of nitrogens with one attached hydrogen (secondary N) is 1. The second kappa shape index (κ2) is 6.66. The number of aliphatic hydroxyl groups excluding tert-OH is 1. The van der Waals surface area contributed by atoms with E-state index in [4.69, 9.17) is 5.11 Å². The Hall–Kier alpha value is -0.760. The van der Waals surface area contributed by atoms with Crippen LogP contribution in [0.4, 0.5) is 0 Å². The van der Waals surface area contributed by atoms with Crippen LogP contribution in [0.2, 0.25) is 0 Å². The molecule has 0 aliphatic carbocycles. The first-order chi connectivity index (χ1) is 6.52. The van der Waals surface area contributed by atoms with Gasteiger partial charge in [-0.25, -0.2) is 0 Å². The standard InChI is InChI=1S/C12H23NO/c1-6-9(2)7-13-12(5)11(4)10(3)8-14/h9,11,13-14H,3,5-8H2,1-2,4H3. The van der Waals surface area contributed by atoms with Gasteiger partial charge in [0, 0.05) is 18.2 Å². The van der Waals surface area contributed by atoms with Crippen LogP contribution >= 0.6 is 0 Å². The largest absolute Gasteiger partial charge is 0.392 e. The van der Waals surface area contributed by atoms with E-state index < -0.39 is 0 Å². The lowest BCUT2D eigenvalue weighted by molar-refractivity contribution is 0.319. The minimum absolute atomic E-state index is 0.0329. The van der Waals surface area contributed by atoms with Crippen LogP contribution in [0, 0.1) is 11.8 Å². The Morgan fingerprint density at radius 1 is 1.36 bits per heavy atom. The molecule has 0 aromatic rings. The average molecular weight is 197 g/mol. The predicted molar refractivity (Wildman–Crippen MR) is 62.0 cm³/mol. The molecule has 0 radical (unpaired) electrons. The molecule has 0 aliphatic rings. The molecule has 2 heteroatoms. The van der Waals surface area contributed by atoms with Gasteiger partial charge in [0.1, 0.15) is 0 Å². The van der Waals surface area contributed by atoms with Crippen molar-refractivity contribution in [2.24, 2.45) is 11.8 Å². The normalized spacial score (nSPS) is 14.6. The summed E-state index contributed by atoms with van der Waals surface area (Å²) in [5.41, 5.74) is 1.76. The van der Waals surface area contributed by atoms with Crippen molar-refractivity contribution in [1.29, 1.82) is 0 Å². The Morgan fingerprint density at radius 3 is 2.36 bits per heavy atom. The molecule has 2 unspecified atom stereocenters. The first-order valence-electron chi connectivity index (χ1n) is 5.24. The summed E-state index contributed by atoms with van der Waals surface area (Å²) in [6.07, 6.45) is 1.16. The summed E-state index contributed by atoms with van der Waals surface area (Å²) in [5, 5.41) is 12.2. The average Bonchev–Trinajstić information content (AvgIpc) is 2.22. The van der Waals surface area contributed by atoms with Crippen LogP contribution in [0.5, 0.6) is 0 Å². The Kier molecular flexibility index (Phi) is 6.30. The molecule has 2 nitrogen and oxygen atoms in total. The van der Waals surface area contributed by atoms with Gasteiger partial charge in [0.05, 0.1) is 6.61 Å². The second-order valence-electron chi connectivity index (χ2n) is 3.96. The lowest BCUT2D eigenvalue weighted by Gasteiger charge is -2.19. The van der Waals surface area contributed by atoms with Crippen LogP contribution in [0.1, 0.15) is 27.2 Å². The first kappa shape index (κ1) is 13.2. The zero-order valence-corrected chi connectivity index (χ0v) is 9.64. The zero-order valence-electron chi connectivity index (χ0n) is 9.64. The quantitative estimate of drug-likeness (QED) is 0.614. The fourth-order valence-electron chi connectivity index (χ4n) is 0.986. The van der Waals surface area contributed by atoms with Crippen molar-refractivity contribution in [1.82, 2.24) is 5.32 Å². The lowest BCUT2D eigenvalue weighted by atomic mass is 10.00. The molecule has 0 amide bonds. The van der Waals surface area contributed by atoms with Crippen molar-refractivity contribution in [3.05, 3.63) is 24.4 Å². The summed E-state index contributed by atoms with van der Waals surface area (Å²) in [6, 6.07) is 0. The van der Waals surface area contributed by atoms with E-state index in [-0.39, 0.29) is 12.5 Å². The molecule has 0 heterocycles. The smallest absolute Gasteiger partial charge is 0.0645 e. The summed E-state index contributed by atoms with van der Waals surface area (Å²) in [4.78, 5) is 0. The molecule has 2 N–H and O–H groups in total. The summed E-state index contributed by atoms with van der Waals surface area (Å²) in [5.74, 6) is 0.797. The van der Waals surface area contributed by atoms with Gasteiger partial charge in [-0.2, -0.15) is 0 Å². The van der Waals surface area contributed by atoms with Gasteiger partial charge in [0.15, 0.2) is 0 Å². The van der Waals surface area contributed by atoms with Crippen LogP contribution in [-0.2, 0) is 0 Å². The number of rotatable bonds is 7. The molecule has 0 spiro atoms. The van der Waals surface area contributed by atoms with Gasteiger partial charge in [-0.05, 0) is 11.5 Å². The summed E-state index contributed by atoms with van der Waals surface area (Å²) < 4.78 is 0. The minimum Gasteiger partial charge on any atom is -0.392 e. The third kappa shape index (κ3) is 4.47. The van der Waals surface area contributed by atoms with Crippen molar-refractivity contribution in [2.75, 3.05) is 13.2 Å². The number of aliphatic hydroxyl groups is 1. The maximum Gasteiger partial charge on any atom is 0.0645 e. The van der Waals surface area contributed by atoms with E-state index in [0.29, 0.717) is 5.92 Å². The Morgan fingerprint density at radius 2 is 1.93 bits per heavy atom. The summed E-state index contributed by atoms with van der Waals surface area (Å²) in [7, 11) is 0. The predicted octanol–water partition coefficient (Wildman–Crippen LogP) is 2.32. The lowest BCUT2D eigenvalue weighted by Crippen LogP contribution is -2.24. The van der Waals surface area contributed by atoms with Crippen molar-refractivity contribution < 1.29 is 5.11 Å². The van der Waals surface area contributed by atoms with E-state index in [1.54, 1.807) is 0 Å². The van der Waals surface area contributed by atoms with E-state index in [1.165, 1.54) is 0 Å². The molecular formula is C12H23NO. The van der Waals surface area contributed by atoms with Gasteiger partial charge in [0.25, 0.3) is 0 Å². The summed E-state index contributed by atoms with van der Waals surface area (Å²) >= 11 is 0. The van der Waals surface area contributed by atoms with Crippen LogP contribution in [0.25, 0.3) is 0 Å². The molecule has 0 saturated heterocycles. The number of allylic oxidation sites excluding steroid dienone is 1. The highest BCUT2D eigenvalue weighted by molar-refractivity contribution is 5.13. The molecule has 0 aromatic carbocycles. The number of hydrogen-bond donors (Lipinski definition) is 2. The van der Waals surface area contributed by atoms with Crippen LogP contribution in [-0.4, -0.2) is 18.3 Å². The fourth-order valence-corrected chi connectivity index (χ4v) is 0.986. The van der Waals surface area contributed by atoms with E-state index in [0.717, 1.165) is 24.2 Å². The molecule has 2 atom stereocenters. The first-order valence-corrected chi connectivity index (χ1v) is 5.24. The van der Waals surface area contributed by atoms with Gasteiger partial charge in [0.2, 0.25) is 0 Å². The molecule has 0 fully saturated rings. The van der Waals surface area contributed by atoms with E-state index >= 15 is 0 Å². The minimum atomic E-state index is 0.0329. The van der Waals surface area contributed by atoms with E-state index in [2.05, 4.69) is 32.3 Å². The third-order valence-electron chi connectivity index (χ3n) is 2.71. The second-order valence-corrected chi connectivity index (χ2v) is 3.96. The topological polar surface area (TPSA) is 32.3 Å². The van der Waals surface area contributed by atoms with Crippen molar-refractivity contribution >= 4 is 0 Å². The molecular weight excluding hydrogens is 174 g/mol. The van der Waals surface area contributed by atoms with Gasteiger partial charge < -0.3 is 10.4 Å². The highest BCUT2D eigenvalue weighted by Crippen LogP contribution is 2.14.